The van der Waals surface area contributed by atoms with Gasteiger partial charge >= 0.3 is 5.97 Å². The molecule has 1 aromatic heterocycles. The lowest BCUT2D eigenvalue weighted by Crippen LogP contribution is -2.54. The third-order valence-electron chi connectivity index (χ3n) is 2.96. The van der Waals surface area contributed by atoms with Crippen LogP contribution in [0.2, 0.25) is 0 Å². The monoisotopic (exact) mass is 249 g/mol. The molecule has 1 fully saturated rings. The fraction of sp³-hybridized carbons (Fsp3) is 0.417. The number of esters is 1. The number of carbonyl (C=O) groups excluding carboxylic acids is 2. The van der Waals surface area contributed by atoms with Gasteiger partial charge in [0.2, 0.25) is 5.91 Å². The summed E-state index contributed by atoms with van der Waals surface area (Å²) < 4.78 is 4.66. The van der Waals surface area contributed by atoms with E-state index in [9.17, 15) is 9.59 Å². The van der Waals surface area contributed by atoms with Gasteiger partial charge in [0.05, 0.1) is 12.7 Å². The van der Waals surface area contributed by atoms with Crippen LogP contribution in [-0.2, 0) is 9.53 Å². The maximum absolute atomic E-state index is 11.6. The number of hydrogen-bond acceptors (Lipinski definition) is 5. The molecule has 0 spiro atoms. The Bertz CT molecular complexity index is 475. The fourth-order valence-corrected chi connectivity index (χ4v) is 1.92. The van der Waals surface area contributed by atoms with Crippen LogP contribution in [-0.4, -0.2) is 43.1 Å². The number of piperazine rings is 1. The van der Waals surface area contributed by atoms with Gasteiger partial charge in [-0.05, 0) is 19.1 Å². The van der Waals surface area contributed by atoms with Gasteiger partial charge in [-0.1, -0.05) is 0 Å². The number of carbonyl (C=O) groups is 2. The molecule has 18 heavy (non-hydrogen) atoms. The molecule has 6 nitrogen and oxygen atoms in total. The van der Waals surface area contributed by atoms with Crippen molar-refractivity contribution in [2.24, 2.45) is 0 Å². The van der Waals surface area contributed by atoms with Crippen molar-refractivity contribution in [3.05, 3.63) is 23.9 Å². The molecule has 0 saturated carbocycles. The second-order valence-corrected chi connectivity index (χ2v) is 4.05. The highest BCUT2D eigenvalue weighted by atomic mass is 16.5. The van der Waals surface area contributed by atoms with E-state index in [2.05, 4.69) is 15.0 Å². The lowest BCUT2D eigenvalue weighted by Gasteiger charge is -2.33. The smallest absolute Gasteiger partial charge is 0.338 e. The number of aromatic nitrogens is 1. The number of nitrogens with zero attached hydrogens (tertiary/aromatic N) is 2. The van der Waals surface area contributed by atoms with Crippen molar-refractivity contribution in [1.29, 1.82) is 0 Å². The molecule has 0 aliphatic carbocycles. The normalized spacial score (nSPS) is 19.3. The Morgan fingerprint density at radius 1 is 1.61 bits per heavy atom. The number of nitrogens with one attached hydrogen (secondary N) is 1. The molecule has 2 heterocycles. The summed E-state index contributed by atoms with van der Waals surface area (Å²) in [6, 6.07) is 2.93. The predicted octanol–water partition coefficient (Wildman–Crippen LogP) is 0.193. The molecule has 1 aromatic rings. The van der Waals surface area contributed by atoms with Crippen molar-refractivity contribution in [1.82, 2.24) is 10.3 Å². The molecule has 1 aliphatic rings. The third kappa shape index (κ3) is 2.27. The van der Waals surface area contributed by atoms with Gasteiger partial charge in [-0.25, -0.2) is 9.78 Å². The number of amides is 1. The number of ether oxygens (including phenoxy) is 1. The van der Waals surface area contributed by atoms with Gasteiger partial charge in [-0.3, -0.25) is 4.79 Å². The number of anilines is 1. The maximum atomic E-state index is 11.6. The van der Waals surface area contributed by atoms with E-state index >= 15 is 0 Å². The number of pyridine rings is 1. The summed E-state index contributed by atoms with van der Waals surface area (Å²) in [5.41, 5.74) is 0.431. The van der Waals surface area contributed by atoms with Crippen LogP contribution in [0.5, 0.6) is 0 Å². The van der Waals surface area contributed by atoms with Gasteiger partial charge in [0.25, 0.3) is 0 Å². The average Bonchev–Trinajstić information content (AvgIpc) is 2.41. The molecule has 2 rings (SSSR count). The minimum atomic E-state index is -0.409. The molecule has 1 saturated heterocycles. The van der Waals surface area contributed by atoms with E-state index in [0.717, 1.165) is 0 Å². The first-order chi connectivity index (χ1) is 8.63. The van der Waals surface area contributed by atoms with Crippen LogP contribution in [0.15, 0.2) is 18.3 Å². The summed E-state index contributed by atoms with van der Waals surface area (Å²) in [5, 5.41) is 2.78. The summed E-state index contributed by atoms with van der Waals surface area (Å²) in [7, 11) is 1.33. The van der Waals surface area contributed by atoms with Gasteiger partial charge in [0, 0.05) is 19.3 Å². The SMILES string of the molecule is COC(=O)c1ccnc(N2CCNC(=O)C2C)c1. The first-order valence-corrected chi connectivity index (χ1v) is 5.72. The van der Waals surface area contributed by atoms with E-state index in [1.807, 2.05) is 4.90 Å². The summed E-state index contributed by atoms with van der Waals surface area (Å²) >= 11 is 0. The van der Waals surface area contributed by atoms with E-state index in [0.29, 0.717) is 24.5 Å². The van der Waals surface area contributed by atoms with Crippen molar-refractivity contribution in [3.8, 4) is 0 Å². The predicted molar refractivity (Wildman–Crippen MR) is 65.4 cm³/mol. The molecule has 1 atom stereocenters. The summed E-state index contributed by atoms with van der Waals surface area (Å²) in [5.74, 6) is 0.166. The van der Waals surface area contributed by atoms with Crippen molar-refractivity contribution in [3.63, 3.8) is 0 Å². The Labute approximate surface area is 105 Å². The highest BCUT2D eigenvalue weighted by Gasteiger charge is 2.26. The van der Waals surface area contributed by atoms with Crippen LogP contribution in [0, 0.1) is 0 Å². The van der Waals surface area contributed by atoms with Crippen molar-refractivity contribution < 1.29 is 14.3 Å². The van der Waals surface area contributed by atoms with Gasteiger partial charge in [0.15, 0.2) is 0 Å². The zero-order valence-corrected chi connectivity index (χ0v) is 10.3. The number of rotatable bonds is 2. The first-order valence-electron chi connectivity index (χ1n) is 5.72. The van der Waals surface area contributed by atoms with Crippen LogP contribution in [0.1, 0.15) is 17.3 Å². The Balaban J connectivity index is 2.27. The van der Waals surface area contributed by atoms with Crippen LogP contribution in [0.4, 0.5) is 5.82 Å². The molecule has 1 amide bonds. The van der Waals surface area contributed by atoms with E-state index in [-0.39, 0.29) is 11.9 Å². The fourth-order valence-electron chi connectivity index (χ4n) is 1.92. The van der Waals surface area contributed by atoms with Gasteiger partial charge in [-0.2, -0.15) is 0 Å². The molecule has 1 N–H and O–H groups in total. The average molecular weight is 249 g/mol. The molecular formula is C12H15N3O3. The second-order valence-electron chi connectivity index (χ2n) is 4.05. The number of hydrogen-bond donors (Lipinski definition) is 1. The van der Waals surface area contributed by atoms with Crippen LogP contribution >= 0.6 is 0 Å². The van der Waals surface area contributed by atoms with Crippen LogP contribution in [0.3, 0.4) is 0 Å². The standard InChI is InChI=1S/C12H15N3O3/c1-8-11(16)14-5-6-15(8)10-7-9(3-4-13-10)12(17)18-2/h3-4,7-8H,5-6H2,1-2H3,(H,14,16). The molecule has 0 aromatic carbocycles. The topological polar surface area (TPSA) is 71.5 Å². The summed E-state index contributed by atoms with van der Waals surface area (Å²) in [6.45, 7) is 3.05. The van der Waals surface area contributed by atoms with Crippen LogP contribution < -0.4 is 10.2 Å². The first kappa shape index (κ1) is 12.3. The van der Waals surface area contributed by atoms with Gasteiger partial charge < -0.3 is 15.0 Å². The van der Waals surface area contributed by atoms with Crippen molar-refractivity contribution >= 4 is 17.7 Å². The molecular weight excluding hydrogens is 234 g/mol. The molecule has 1 aliphatic heterocycles. The van der Waals surface area contributed by atoms with E-state index in [1.165, 1.54) is 7.11 Å². The second kappa shape index (κ2) is 5.03. The Morgan fingerprint density at radius 2 is 2.39 bits per heavy atom. The molecule has 96 valence electrons. The lowest BCUT2D eigenvalue weighted by molar-refractivity contribution is -0.122. The minimum Gasteiger partial charge on any atom is -0.465 e. The van der Waals surface area contributed by atoms with Crippen molar-refractivity contribution in [2.75, 3.05) is 25.1 Å². The third-order valence-corrected chi connectivity index (χ3v) is 2.96. The quantitative estimate of drug-likeness (QED) is 0.758. The molecule has 6 heteroatoms. The Kier molecular flexibility index (Phi) is 3.45. The maximum Gasteiger partial charge on any atom is 0.338 e. The van der Waals surface area contributed by atoms with Crippen LogP contribution in [0.25, 0.3) is 0 Å². The molecule has 0 bridgehead atoms. The van der Waals surface area contributed by atoms with Gasteiger partial charge in [-0.15, -0.1) is 0 Å². The summed E-state index contributed by atoms with van der Waals surface area (Å²) in [6.07, 6.45) is 1.54. The minimum absolute atomic E-state index is 0.0356. The largest absolute Gasteiger partial charge is 0.465 e. The zero-order chi connectivity index (χ0) is 13.1. The van der Waals surface area contributed by atoms with E-state index in [4.69, 9.17) is 0 Å². The highest BCUT2D eigenvalue weighted by molar-refractivity contribution is 5.91. The van der Waals surface area contributed by atoms with Crippen molar-refractivity contribution in [2.45, 2.75) is 13.0 Å². The lowest BCUT2D eigenvalue weighted by atomic mass is 10.2. The summed E-state index contributed by atoms with van der Waals surface area (Å²) in [4.78, 5) is 29.1. The molecule has 0 radical (unpaired) electrons. The van der Waals surface area contributed by atoms with E-state index < -0.39 is 5.97 Å². The van der Waals surface area contributed by atoms with E-state index in [1.54, 1.807) is 25.3 Å². The van der Waals surface area contributed by atoms with Gasteiger partial charge in [0.1, 0.15) is 11.9 Å². The Morgan fingerprint density at radius 3 is 3.11 bits per heavy atom. The molecule has 1 unspecified atom stereocenters. The number of methoxy groups -OCH3 is 1. The Hall–Kier alpha value is -2.11. The highest BCUT2D eigenvalue weighted by Crippen LogP contribution is 2.17. The zero-order valence-electron chi connectivity index (χ0n) is 10.3.